The SMILES string of the molecule is COc1ccc(S(=O)(=O)NN(C)S(=O)(=O)c2ccc(OC)cc2)cc1. The Morgan fingerprint density at radius 2 is 1.16 bits per heavy atom. The largest absolute Gasteiger partial charge is 0.497 e. The molecule has 136 valence electrons. The van der Waals surface area contributed by atoms with E-state index in [9.17, 15) is 16.8 Å². The van der Waals surface area contributed by atoms with Crippen molar-refractivity contribution in [3.05, 3.63) is 48.5 Å². The molecule has 0 fully saturated rings. The smallest absolute Gasteiger partial charge is 0.256 e. The summed E-state index contributed by atoms with van der Waals surface area (Å²) in [6.45, 7) is 0. The van der Waals surface area contributed by atoms with Gasteiger partial charge in [0, 0.05) is 7.05 Å². The van der Waals surface area contributed by atoms with E-state index in [-0.39, 0.29) is 9.79 Å². The number of nitrogens with one attached hydrogen (secondary N) is 1. The molecule has 0 radical (unpaired) electrons. The Balaban J connectivity index is 2.24. The van der Waals surface area contributed by atoms with E-state index < -0.39 is 20.0 Å². The summed E-state index contributed by atoms with van der Waals surface area (Å²) in [6.07, 6.45) is 0. The molecule has 1 N–H and O–H groups in total. The zero-order valence-corrected chi connectivity index (χ0v) is 15.5. The van der Waals surface area contributed by atoms with Gasteiger partial charge >= 0.3 is 0 Å². The second kappa shape index (κ2) is 7.40. The third kappa shape index (κ3) is 4.28. The molecule has 8 nitrogen and oxygen atoms in total. The second-order valence-electron chi connectivity index (χ2n) is 4.92. The molecule has 0 bridgehead atoms. The Kier molecular flexibility index (Phi) is 5.68. The van der Waals surface area contributed by atoms with Crippen LogP contribution >= 0.6 is 0 Å². The number of hydrogen-bond donors (Lipinski definition) is 1. The van der Waals surface area contributed by atoms with Gasteiger partial charge in [0.2, 0.25) is 0 Å². The summed E-state index contributed by atoms with van der Waals surface area (Å²) in [5.41, 5.74) is 0. The van der Waals surface area contributed by atoms with Gasteiger partial charge in [-0.05, 0) is 48.5 Å². The molecule has 0 aromatic heterocycles. The van der Waals surface area contributed by atoms with Crippen LogP contribution in [0.15, 0.2) is 58.3 Å². The van der Waals surface area contributed by atoms with Crippen LogP contribution in [0.1, 0.15) is 0 Å². The van der Waals surface area contributed by atoms with E-state index in [0.717, 1.165) is 7.05 Å². The zero-order chi connectivity index (χ0) is 18.7. The summed E-state index contributed by atoms with van der Waals surface area (Å²) in [5, 5.41) is 0. The summed E-state index contributed by atoms with van der Waals surface area (Å²) in [6, 6.07) is 11.2. The summed E-state index contributed by atoms with van der Waals surface area (Å²) in [7, 11) is -4.10. The van der Waals surface area contributed by atoms with Gasteiger partial charge < -0.3 is 9.47 Å². The summed E-state index contributed by atoms with van der Waals surface area (Å²) >= 11 is 0. The lowest BCUT2D eigenvalue weighted by molar-refractivity contribution is 0.413. The van der Waals surface area contributed by atoms with Gasteiger partial charge in [0.1, 0.15) is 11.5 Å². The predicted octanol–water partition coefficient (Wildman–Crippen LogP) is 1.22. The van der Waals surface area contributed by atoms with Crippen molar-refractivity contribution in [1.29, 1.82) is 0 Å². The summed E-state index contributed by atoms with van der Waals surface area (Å²) in [5.74, 6) is 0.971. The molecule has 0 unspecified atom stereocenters. The monoisotopic (exact) mass is 386 g/mol. The van der Waals surface area contributed by atoms with Gasteiger partial charge in [-0.2, -0.15) is 0 Å². The third-order valence-electron chi connectivity index (χ3n) is 3.34. The number of sulfonamides is 2. The Morgan fingerprint density at radius 3 is 1.56 bits per heavy atom. The predicted molar refractivity (Wildman–Crippen MR) is 91.3 cm³/mol. The van der Waals surface area contributed by atoms with Crippen LogP contribution in [0.2, 0.25) is 0 Å². The molecule has 25 heavy (non-hydrogen) atoms. The molecular weight excluding hydrogens is 368 g/mol. The number of nitrogens with zero attached hydrogens (tertiary/aromatic N) is 1. The topological polar surface area (TPSA) is 102 Å². The molecule has 0 saturated heterocycles. The lowest BCUT2D eigenvalue weighted by atomic mass is 10.3. The highest BCUT2D eigenvalue weighted by Gasteiger charge is 2.26. The molecule has 2 rings (SSSR count). The lowest BCUT2D eigenvalue weighted by Gasteiger charge is -2.18. The van der Waals surface area contributed by atoms with Crippen molar-refractivity contribution >= 4 is 20.0 Å². The molecule has 0 atom stereocenters. The number of ether oxygens (including phenoxy) is 2. The van der Waals surface area contributed by atoms with E-state index in [0.29, 0.717) is 15.9 Å². The zero-order valence-electron chi connectivity index (χ0n) is 13.8. The van der Waals surface area contributed by atoms with Crippen molar-refractivity contribution in [2.75, 3.05) is 21.3 Å². The van der Waals surface area contributed by atoms with Crippen LogP contribution in [0.4, 0.5) is 0 Å². The van der Waals surface area contributed by atoms with Crippen LogP contribution in [0.5, 0.6) is 11.5 Å². The van der Waals surface area contributed by atoms with E-state index in [1.54, 1.807) is 0 Å². The van der Waals surface area contributed by atoms with Crippen LogP contribution in [0.25, 0.3) is 0 Å². The fourth-order valence-corrected chi connectivity index (χ4v) is 4.35. The van der Waals surface area contributed by atoms with Crippen LogP contribution in [0.3, 0.4) is 0 Å². The molecule has 0 aliphatic carbocycles. The first-order valence-corrected chi connectivity index (χ1v) is 9.92. The van der Waals surface area contributed by atoms with Crippen molar-refractivity contribution in [2.45, 2.75) is 9.79 Å². The van der Waals surface area contributed by atoms with Crippen molar-refractivity contribution in [3.8, 4) is 11.5 Å². The Hall–Kier alpha value is -2.14. The van der Waals surface area contributed by atoms with Crippen LogP contribution < -0.4 is 14.3 Å². The second-order valence-corrected chi connectivity index (χ2v) is 8.55. The minimum Gasteiger partial charge on any atom is -0.497 e. The van der Waals surface area contributed by atoms with Crippen molar-refractivity contribution in [2.24, 2.45) is 0 Å². The van der Waals surface area contributed by atoms with Gasteiger partial charge in [-0.3, -0.25) is 0 Å². The standard InChI is InChI=1S/C15H18N2O6S2/c1-17(25(20,21)15-10-6-13(23-3)7-11-15)16-24(18,19)14-8-4-12(22-2)5-9-14/h4-11,16H,1-3H3. The van der Waals surface area contributed by atoms with Gasteiger partial charge in [-0.15, -0.1) is 9.25 Å². The van der Waals surface area contributed by atoms with E-state index in [1.807, 2.05) is 4.83 Å². The van der Waals surface area contributed by atoms with Gasteiger partial charge in [-0.1, -0.05) is 0 Å². The van der Waals surface area contributed by atoms with Gasteiger partial charge in [-0.25, -0.2) is 16.8 Å². The Morgan fingerprint density at radius 1 is 0.760 bits per heavy atom. The van der Waals surface area contributed by atoms with Crippen molar-refractivity contribution in [1.82, 2.24) is 9.25 Å². The number of hydrazine groups is 1. The molecule has 0 aliphatic heterocycles. The lowest BCUT2D eigenvalue weighted by Crippen LogP contribution is -2.43. The molecule has 10 heteroatoms. The average molecular weight is 386 g/mol. The van der Waals surface area contributed by atoms with Crippen LogP contribution in [-0.4, -0.2) is 42.5 Å². The number of benzene rings is 2. The minimum atomic E-state index is -4.07. The van der Waals surface area contributed by atoms with Gasteiger partial charge in [0.25, 0.3) is 20.0 Å². The molecule has 2 aromatic carbocycles. The Labute approximate surface area is 147 Å². The third-order valence-corrected chi connectivity index (χ3v) is 6.54. The van der Waals surface area contributed by atoms with E-state index >= 15 is 0 Å². The normalized spacial score (nSPS) is 12.2. The van der Waals surface area contributed by atoms with Crippen molar-refractivity contribution < 1.29 is 26.3 Å². The van der Waals surface area contributed by atoms with Gasteiger partial charge in [0.15, 0.2) is 0 Å². The average Bonchev–Trinajstić information content (AvgIpc) is 2.61. The number of hydrogen-bond acceptors (Lipinski definition) is 6. The quantitative estimate of drug-likeness (QED) is 0.718. The maximum absolute atomic E-state index is 12.5. The van der Waals surface area contributed by atoms with E-state index in [2.05, 4.69) is 0 Å². The first kappa shape index (κ1) is 19.2. The van der Waals surface area contributed by atoms with E-state index in [4.69, 9.17) is 9.47 Å². The molecular formula is C15H18N2O6S2. The minimum absolute atomic E-state index is 0.0757. The van der Waals surface area contributed by atoms with Crippen LogP contribution in [0, 0.1) is 0 Å². The molecule has 0 saturated carbocycles. The summed E-state index contributed by atoms with van der Waals surface area (Å²) < 4.78 is 60.1. The molecule has 0 heterocycles. The van der Waals surface area contributed by atoms with Crippen molar-refractivity contribution in [3.63, 3.8) is 0 Å². The highest BCUT2D eigenvalue weighted by Crippen LogP contribution is 2.19. The first-order valence-electron chi connectivity index (χ1n) is 7.00. The Bertz CT molecular complexity index is 923. The van der Waals surface area contributed by atoms with Crippen LogP contribution in [-0.2, 0) is 20.0 Å². The fourth-order valence-electron chi connectivity index (χ4n) is 1.93. The first-order chi connectivity index (χ1) is 11.7. The highest BCUT2D eigenvalue weighted by molar-refractivity contribution is 7.92. The molecule has 2 aromatic rings. The molecule has 0 aliphatic rings. The fraction of sp³-hybridized carbons (Fsp3) is 0.200. The van der Waals surface area contributed by atoms with E-state index in [1.165, 1.54) is 62.8 Å². The number of rotatable bonds is 7. The maximum atomic E-state index is 12.5. The highest BCUT2D eigenvalue weighted by atomic mass is 32.2. The maximum Gasteiger partial charge on any atom is 0.256 e. The molecule has 0 spiro atoms. The summed E-state index contributed by atoms with van der Waals surface area (Å²) in [4.78, 5) is 1.85. The molecule has 0 amide bonds. The number of methoxy groups -OCH3 is 2. The van der Waals surface area contributed by atoms with Gasteiger partial charge in [0.05, 0.1) is 24.0 Å².